The Bertz CT molecular complexity index is 764. The molecule has 2 N–H and O–H groups in total. The lowest BCUT2D eigenvalue weighted by Gasteiger charge is -2.36. The van der Waals surface area contributed by atoms with Crippen LogP contribution in [0.25, 0.3) is 0 Å². The number of likely N-dealkylation sites (tertiary alicyclic amines) is 1. The van der Waals surface area contributed by atoms with Crippen molar-refractivity contribution in [1.82, 2.24) is 20.2 Å². The zero-order valence-electron chi connectivity index (χ0n) is 16.3. The summed E-state index contributed by atoms with van der Waals surface area (Å²) in [6, 6.07) is -0.0327. The predicted molar refractivity (Wildman–Crippen MR) is 101 cm³/mol. The van der Waals surface area contributed by atoms with Crippen LogP contribution in [-0.4, -0.2) is 68.7 Å². The number of ether oxygens (including phenoxy) is 1. The largest absolute Gasteiger partial charge is 0.389 e. The van der Waals surface area contributed by atoms with Crippen molar-refractivity contribution in [3.05, 3.63) is 23.8 Å². The van der Waals surface area contributed by atoms with Crippen LogP contribution in [0.3, 0.4) is 0 Å². The molecular weight excluding hydrogens is 360 g/mol. The molecule has 28 heavy (non-hydrogen) atoms. The minimum absolute atomic E-state index is 0.0327. The van der Waals surface area contributed by atoms with Crippen molar-refractivity contribution in [3.8, 4) is 0 Å². The second kappa shape index (κ2) is 7.40. The molecule has 0 spiro atoms. The third-order valence-corrected chi connectivity index (χ3v) is 6.56. The minimum Gasteiger partial charge on any atom is -0.389 e. The smallest absolute Gasteiger partial charge is 0.274 e. The Hall–Kier alpha value is -2.06. The minimum atomic E-state index is -0.988. The summed E-state index contributed by atoms with van der Waals surface area (Å²) in [5, 5.41) is 13.9. The van der Waals surface area contributed by atoms with Crippen molar-refractivity contribution in [2.45, 2.75) is 69.1 Å². The molecule has 0 radical (unpaired) electrons. The molecule has 2 saturated heterocycles. The van der Waals surface area contributed by atoms with E-state index in [9.17, 15) is 14.7 Å². The summed E-state index contributed by atoms with van der Waals surface area (Å²) in [4.78, 5) is 36.1. The topological polar surface area (TPSA) is 105 Å². The van der Waals surface area contributed by atoms with E-state index in [0.29, 0.717) is 44.0 Å². The molecule has 3 heterocycles. The predicted octanol–water partition coefficient (Wildman–Crippen LogP) is 0.970. The quantitative estimate of drug-likeness (QED) is 0.796. The highest BCUT2D eigenvalue weighted by Gasteiger charge is 2.53. The summed E-state index contributed by atoms with van der Waals surface area (Å²) in [5.41, 5.74) is -0.385. The molecule has 1 aliphatic carbocycles. The first-order valence-corrected chi connectivity index (χ1v) is 10.1. The maximum Gasteiger partial charge on any atom is 0.274 e. The molecule has 4 rings (SSSR count). The number of aromatic nitrogens is 2. The highest BCUT2D eigenvalue weighted by atomic mass is 16.5. The highest BCUT2D eigenvalue weighted by molar-refractivity contribution is 5.94. The van der Waals surface area contributed by atoms with Crippen LogP contribution in [0.4, 0.5) is 0 Å². The Morgan fingerprint density at radius 1 is 1.25 bits per heavy atom. The van der Waals surface area contributed by atoms with Crippen molar-refractivity contribution >= 4 is 11.8 Å². The number of carbonyl (C=O) groups excluding carboxylic acids is 2. The number of carbonyl (C=O) groups is 2. The van der Waals surface area contributed by atoms with Crippen LogP contribution in [0.1, 0.15) is 61.1 Å². The number of rotatable bonds is 4. The van der Waals surface area contributed by atoms with E-state index in [1.54, 1.807) is 13.1 Å². The first-order valence-electron chi connectivity index (χ1n) is 10.1. The lowest BCUT2D eigenvalue weighted by Crippen LogP contribution is -2.55. The highest BCUT2D eigenvalue weighted by Crippen LogP contribution is 2.42. The van der Waals surface area contributed by atoms with E-state index in [-0.39, 0.29) is 24.3 Å². The van der Waals surface area contributed by atoms with Gasteiger partial charge in [-0.25, -0.2) is 4.98 Å². The molecule has 2 amide bonds. The van der Waals surface area contributed by atoms with E-state index in [2.05, 4.69) is 15.3 Å². The zero-order valence-corrected chi connectivity index (χ0v) is 16.3. The van der Waals surface area contributed by atoms with Crippen LogP contribution in [0.15, 0.2) is 12.4 Å². The van der Waals surface area contributed by atoms with Crippen molar-refractivity contribution in [2.75, 3.05) is 19.8 Å². The molecule has 0 aromatic carbocycles. The van der Waals surface area contributed by atoms with E-state index in [1.165, 1.54) is 6.20 Å². The average Bonchev–Trinajstić information content (AvgIpc) is 3.20. The molecule has 8 heteroatoms. The fraction of sp³-hybridized carbons (Fsp3) is 0.700. The maximum absolute atomic E-state index is 13.1. The van der Waals surface area contributed by atoms with Gasteiger partial charge >= 0.3 is 0 Å². The number of amides is 2. The molecule has 152 valence electrons. The number of hydrogen-bond acceptors (Lipinski definition) is 6. The van der Waals surface area contributed by atoms with Crippen LogP contribution >= 0.6 is 0 Å². The number of fused-ring (bicyclic) bond motifs is 1. The molecule has 0 bridgehead atoms. The van der Waals surface area contributed by atoms with E-state index in [4.69, 9.17) is 4.74 Å². The Kier molecular flexibility index (Phi) is 5.09. The Labute approximate surface area is 164 Å². The summed E-state index contributed by atoms with van der Waals surface area (Å²) in [6.45, 7) is 3.35. The first kappa shape index (κ1) is 19.3. The zero-order chi connectivity index (χ0) is 19.8. The number of nitrogens with zero attached hydrogens (tertiary/aromatic N) is 3. The second-order valence-corrected chi connectivity index (χ2v) is 8.36. The van der Waals surface area contributed by atoms with Gasteiger partial charge in [-0.15, -0.1) is 0 Å². The van der Waals surface area contributed by atoms with Gasteiger partial charge in [-0.1, -0.05) is 0 Å². The molecule has 1 aromatic rings. The van der Waals surface area contributed by atoms with Gasteiger partial charge in [-0.05, 0) is 32.6 Å². The van der Waals surface area contributed by atoms with Gasteiger partial charge in [-0.3, -0.25) is 14.6 Å². The van der Waals surface area contributed by atoms with E-state index < -0.39 is 11.1 Å². The van der Waals surface area contributed by atoms with Crippen molar-refractivity contribution < 1.29 is 19.4 Å². The van der Waals surface area contributed by atoms with Crippen molar-refractivity contribution in [3.63, 3.8) is 0 Å². The molecule has 2 unspecified atom stereocenters. The first-order chi connectivity index (χ1) is 13.4. The van der Waals surface area contributed by atoms with Gasteiger partial charge in [-0.2, -0.15) is 0 Å². The lowest BCUT2D eigenvalue weighted by atomic mass is 9.88. The van der Waals surface area contributed by atoms with Crippen molar-refractivity contribution in [1.29, 1.82) is 0 Å². The summed E-state index contributed by atoms with van der Waals surface area (Å²) in [6.07, 6.45) is 7.58. The van der Waals surface area contributed by atoms with Crippen molar-refractivity contribution in [2.24, 2.45) is 0 Å². The average molecular weight is 388 g/mol. The van der Waals surface area contributed by atoms with Crippen LogP contribution in [0.5, 0.6) is 0 Å². The number of aryl methyl sites for hydroxylation is 1. The SMILES string of the molecule is Cc1nccnc1C(=O)N1CCC2(NC(=O)CC3(O)CCOCC3)CCCC12. The number of aliphatic hydroxyl groups is 1. The van der Waals surface area contributed by atoms with Crippen LogP contribution < -0.4 is 5.32 Å². The number of hydrogen-bond donors (Lipinski definition) is 2. The Morgan fingerprint density at radius 3 is 2.75 bits per heavy atom. The summed E-state index contributed by atoms with van der Waals surface area (Å²) in [5.74, 6) is -0.252. The molecule has 3 aliphatic rings. The molecule has 2 aliphatic heterocycles. The van der Waals surface area contributed by atoms with Crippen LogP contribution in [0.2, 0.25) is 0 Å². The van der Waals surface area contributed by atoms with Crippen LogP contribution in [-0.2, 0) is 9.53 Å². The van der Waals surface area contributed by atoms with Crippen LogP contribution in [0, 0.1) is 6.92 Å². The van der Waals surface area contributed by atoms with Gasteiger partial charge < -0.3 is 20.1 Å². The molecule has 2 atom stereocenters. The third kappa shape index (κ3) is 3.51. The molecule has 8 nitrogen and oxygen atoms in total. The Morgan fingerprint density at radius 2 is 2.00 bits per heavy atom. The summed E-state index contributed by atoms with van der Waals surface area (Å²) in [7, 11) is 0. The molecular formula is C20H28N4O4. The summed E-state index contributed by atoms with van der Waals surface area (Å²) >= 11 is 0. The second-order valence-electron chi connectivity index (χ2n) is 8.36. The fourth-order valence-electron chi connectivity index (χ4n) is 5.03. The number of nitrogens with one attached hydrogen (secondary N) is 1. The molecule has 1 aromatic heterocycles. The molecule has 1 saturated carbocycles. The van der Waals surface area contributed by atoms with Gasteiger partial charge in [0, 0.05) is 45.0 Å². The summed E-state index contributed by atoms with van der Waals surface area (Å²) < 4.78 is 5.29. The molecule has 3 fully saturated rings. The monoisotopic (exact) mass is 388 g/mol. The van der Waals surface area contributed by atoms with Gasteiger partial charge in [0.05, 0.1) is 29.3 Å². The van der Waals surface area contributed by atoms with E-state index in [0.717, 1.165) is 25.7 Å². The standard InChI is InChI=1S/C20H28N4O4/c1-14-17(22-9-8-21-14)18(26)24-10-5-20(4-2-3-15(20)24)23-16(25)13-19(27)6-11-28-12-7-19/h8-9,15,27H,2-7,10-13H2,1H3,(H,23,25). The third-order valence-electron chi connectivity index (χ3n) is 6.56. The van der Waals surface area contributed by atoms with Gasteiger partial charge in [0.2, 0.25) is 5.91 Å². The lowest BCUT2D eigenvalue weighted by molar-refractivity contribution is -0.132. The van der Waals surface area contributed by atoms with Gasteiger partial charge in [0.25, 0.3) is 5.91 Å². The fourth-order valence-corrected chi connectivity index (χ4v) is 5.03. The maximum atomic E-state index is 13.1. The van der Waals surface area contributed by atoms with Gasteiger partial charge in [0.15, 0.2) is 0 Å². The normalized spacial score (nSPS) is 28.8. The van der Waals surface area contributed by atoms with E-state index >= 15 is 0 Å². The Balaban J connectivity index is 1.46. The van der Waals surface area contributed by atoms with Gasteiger partial charge in [0.1, 0.15) is 5.69 Å². The van der Waals surface area contributed by atoms with E-state index in [1.807, 2.05) is 4.90 Å².